The Morgan fingerprint density at radius 2 is 2.26 bits per heavy atom. The van der Waals surface area contributed by atoms with Crippen LogP contribution in [0.25, 0.3) is 0 Å². The van der Waals surface area contributed by atoms with Crippen LogP contribution in [0.15, 0.2) is 18.2 Å². The molecule has 1 aromatic rings. The number of hydrogen-bond acceptors (Lipinski definition) is 3. The van der Waals surface area contributed by atoms with E-state index < -0.39 is 11.4 Å². The molecule has 4 nitrogen and oxygen atoms in total. The second-order valence-corrected chi connectivity index (χ2v) is 5.30. The summed E-state index contributed by atoms with van der Waals surface area (Å²) in [6.07, 6.45) is 1.26. The van der Waals surface area contributed by atoms with Crippen molar-refractivity contribution in [2.45, 2.75) is 18.4 Å². The van der Waals surface area contributed by atoms with Gasteiger partial charge in [-0.25, -0.2) is 4.39 Å². The molecule has 0 heterocycles. The van der Waals surface area contributed by atoms with Crippen molar-refractivity contribution in [3.63, 3.8) is 0 Å². The predicted octanol–water partition coefficient (Wildman–Crippen LogP) is 0.604. The van der Waals surface area contributed by atoms with Crippen molar-refractivity contribution in [3.05, 3.63) is 35.1 Å². The molecule has 0 aromatic heterocycles. The van der Waals surface area contributed by atoms with Crippen LogP contribution in [-0.4, -0.2) is 38.0 Å². The van der Waals surface area contributed by atoms with E-state index in [0.29, 0.717) is 19.4 Å². The maximum Gasteiger partial charge on any atom is 0.242 e. The minimum atomic E-state index is -0.848. The zero-order chi connectivity index (χ0) is 14.0. The highest BCUT2D eigenvalue weighted by molar-refractivity contribution is 5.87. The second-order valence-electron chi connectivity index (χ2n) is 5.30. The third-order valence-electron chi connectivity index (χ3n) is 3.70. The number of amides is 1. The van der Waals surface area contributed by atoms with Crippen molar-refractivity contribution in [2.24, 2.45) is 5.73 Å². The van der Waals surface area contributed by atoms with Crippen LogP contribution in [0.2, 0.25) is 0 Å². The van der Waals surface area contributed by atoms with Gasteiger partial charge in [0.2, 0.25) is 5.91 Å². The molecular formula is C14H20FN3O. The molecule has 0 aliphatic heterocycles. The van der Waals surface area contributed by atoms with Gasteiger partial charge in [-0.2, -0.15) is 0 Å². The summed E-state index contributed by atoms with van der Waals surface area (Å²) in [6.45, 7) is 1.47. The average molecular weight is 265 g/mol. The van der Waals surface area contributed by atoms with Gasteiger partial charge >= 0.3 is 0 Å². The van der Waals surface area contributed by atoms with Crippen LogP contribution >= 0.6 is 0 Å². The molecule has 104 valence electrons. The molecular weight excluding hydrogens is 245 g/mol. The number of rotatable bonds is 5. The molecule has 1 aromatic carbocycles. The molecule has 3 N–H and O–H groups in total. The number of benzene rings is 1. The molecule has 19 heavy (non-hydrogen) atoms. The Kier molecular flexibility index (Phi) is 3.87. The van der Waals surface area contributed by atoms with Crippen LogP contribution < -0.4 is 11.1 Å². The highest BCUT2D eigenvalue weighted by Gasteiger charge is 2.43. The number of nitrogens with zero attached hydrogens (tertiary/aromatic N) is 1. The number of halogens is 1. The highest BCUT2D eigenvalue weighted by Crippen LogP contribution is 2.37. The smallest absolute Gasteiger partial charge is 0.242 e. The van der Waals surface area contributed by atoms with Crippen molar-refractivity contribution < 1.29 is 9.18 Å². The first kappa shape index (κ1) is 14.0. The Hall–Kier alpha value is -1.46. The summed E-state index contributed by atoms with van der Waals surface area (Å²) in [5.41, 5.74) is 6.44. The number of carbonyl (C=O) groups excluding carboxylic acids is 1. The van der Waals surface area contributed by atoms with Gasteiger partial charge in [0.15, 0.2) is 0 Å². The summed E-state index contributed by atoms with van der Waals surface area (Å²) in [6, 6.07) is 4.55. The fourth-order valence-corrected chi connectivity index (χ4v) is 2.66. The van der Waals surface area contributed by atoms with Gasteiger partial charge < -0.3 is 10.6 Å². The monoisotopic (exact) mass is 265 g/mol. The fourth-order valence-electron chi connectivity index (χ4n) is 2.66. The first-order valence-corrected chi connectivity index (χ1v) is 6.44. The largest absolute Gasteiger partial charge is 0.368 e. The molecule has 1 aliphatic rings. The standard InChI is InChI=1S/C14H20FN3O/c1-18(2)8-7-17-14(13(16)19)6-5-10-9-11(15)3-4-12(10)14/h3-4,9,17H,5-8H2,1-2H3,(H2,16,19). The average Bonchev–Trinajstić information content (AvgIpc) is 2.68. The van der Waals surface area contributed by atoms with E-state index >= 15 is 0 Å². The van der Waals surface area contributed by atoms with Crippen molar-refractivity contribution in [1.82, 2.24) is 10.2 Å². The molecule has 0 saturated carbocycles. The maximum atomic E-state index is 13.2. The number of aryl methyl sites for hydroxylation is 1. The number of hydrogen-bond donors (Lipinski definition) is 2. The lowest BCUT2D eigenvalue weighted by Crippen LogP contribution is -2.52. The zero-order valence-corrected chi connectivity index (χ0v) is 11.4. The third kappa shape index (κ3) is 2.62. The van der Waals surface area contributed by atoms with E-state index in [4.69, 9.17) is 5.73 Å². The molecule has 1 unspecified atom stereocenters. The summed E-state index contributed by atoms with van der Waals surface area (Å²) in [5, 5.41) is 3.26. The van der Waals surface area contributed by atoms with Gasteiger partial charge in [-0.15, -0.1) is 0 Å². The SMILES string of the molecule is CN(C)CCNC1(C(N)=O)CCc2cc(F)ccc21. The molecule has 0 saturated heterocycles. The van der Waals surface area contributed by atoms with Crippen LogP contribution in [0.1, 0.15) is 17.5 Å². The summed E-state index contributed by atoms with van der Waals surface area (Å²) >= 11 is 0. The molecule has 0 fully saturated rings. The Labute approximate surface area is 112 Å². The number of fused-ring (bicyclic) bond motifs is 1. The number of nitrogens with two attached hydrogens (primary N) is 1. The van der Waals surface area contributed by atoms with Gasteiger partial charge in [0, 0.05) is 13.1 Å². The van der Waals surface area contributed by atoms with E-state index in [9.17, 15) is 9.18 Å². The van der Waals surface area contributed by atoms with Crippen LogP contribution in [0, 0.1) is 5.82 Å². The molecule has 0 bridgehead atoms. The van der Waals surface area contributed by atoms with Gasteiger partial charge in [0.05, 0.1) is 0 Å². The van der Waals surface area contributed by atoms with Gasteiger partial charge in [0.1, 0.15) is 11.4 Å². The number of primary amides is 1. The van der Waals surface area contributed by atoms with E-state index in [0.717, 1.165) is 17.7 Å². The lowest BCUT2D eigenvalue weighted by molar-refractivity contribution is -0.124. The van der Waals surface area contributed by atoms with Gasteiger partial charge in [-0.05, 0) is 50.2 Å². The summed E-state index contributed by atoms with van der Waals surface area (Å²) in [7, 11) is 3.94. The fraction of sp³-hybridized carbons (Fsp3) is 0.500. The molecule has 5 heteroatoms. The molecule has 0 radical (unpaired) electrons. The molecule has 1 aliphatic carbocycles. The molecule has 0 spiro atoms. The van der Waals surface area contributed by atoms with Crippen LogP contribution in [-0.2, 0) is 16.8 Å². The lowest BCUT2D eigenvalue weighted by atomic mass is 9.91. The number of nitrogens with one attached hydrogen (secondary N) is 1. The number of likely N-dealkylation sites (N-methyl/N-ethyl adjacent to an activating group) is 1. The second kappa shape index (κ2) is 5.27. The normalized spacial score (nSPS) is 21.7. The summed E-state index contributed by atoms with van der Waals surface area (Å²) < 4.78 is 13.2. The van der Waals surface area contributed by atoms with Crippen molar-refractivity contribution in [2.75, 3.05) is 27.2 Å². The van der Waals surface area contributed by atoms with E-state index in [-0.39, 0.29) is 5.82 Å². The Morgan fingerprint density at radius 1 is 1.53 bits per heavy atom. The van der Waals surface area contributed by atoms with Crippen molar-refractivity contribution >= 4 is 5.91 Å². The Morgan fingerprint density at radius 3 is 2.89 bits per heavy atom. The highest BCUT2D eigenvalue weighted by atomic mass is 19.1. The Balaban J connectivity index is 2.26. The van der Waals surface area contributed by atoms with E-state index in [2.05, 4.69) is 5.32 Å². The lowest BCUT2D eigenvalue weighted by Gasteiger charge is -2.29. The molecule has 1 atom stereocenters. The van der Waals surface area contributed by atoms with Crippen LogP contribution in [0.5, 0.6) is 0 Å². The van der Waals surface area contributed by atoms with E-state index in [1.807, 2.05) is 19.0 Å². The maximum absolute atomic E-state index is 13.2. The number of carbonyl (C=O) groups is 1. The van der Waals surface area contributed by atoms with Crippen molar-refractivity contribution in [3.8, 4) is 0 Å². The van der Waals surface area contributed by atoms with Crippen molar-refractivity contribution in [1.29, 1.82) is 0 Å². The quantitative estimate of drug-likeness (QED) is 0.820. The first-order valence-electron chi connectivity index (χ1n) is 6.44. The third-order valence-corrected chi connectivity index (χ3v) is 3.70. The van der Waals surface area contributed by atoms with Gasteiger partial charge in [-0.1, -0.05) is 6.07 Å². The summed E-state index contributed by atoms with van der Waals surface area (Å²) in [4.78, 5) is 13.9. The zero-order valence-electron chi connectivity index (χ0n) is 11.4. The minimum absolute atomic E-state index is 0.271. The van der Waals surface area contributed by atoms with Crippen LogP contribution in [0.4, 0.5) is 4.39 Å². The summed E-state index contributed by atoms with van der Waals surface area (Å²) in [5.74, 6) is -0.663. The van der Waals surface area contributed by atoms with Gasteiger partial charge in [0.25, 0.3) is 0 Å². The topological polar surface area (TPSA) is 58.4 Å². The predicted molar refractivity (Wildman–Crippen MR) is 72.2 cm³/mol. The van der Waals surface area contributed by atoms with E-state index in [1.165, 1.54) is 12.1 Å². The minimum Gasteiger partial charge on any atom is -0.368 e. The molecule has 2 rings (SSSR count). The molecule has 1 amide bonds. The van der Waals surface area contributed by atoms with Crippen LogP contribution in [0.3, 0.4) is 0 Å². The van der Waals surface area contributed by atoms with Gasteiger partial charge in [-0.3, -0.25) is 10.1 Å². The first-order chi connectivity index (χ1) is 8.95. The Bertz CT molecular complexity index is 490. The van der Waals surface area contributed by atoms with E-state index in [1.54, 1.807) is 6.07 Å².